The van der Waals surface area contributed by atoms with E-state index in [1.807, 2.05) is 24.7 Å². The van der Waals surface area contributed by atoms with Crippen LogP contribution in [0.1, 0.15) is 52.0 Å². The van der Waals surface area contributed by atoms with Gasteiger partial charge in [0.25, 0.3) is 5.88 Å². The van der Waals surface area contributed by atoms with Gasteiger partial charge in [0.15, 0.2) is 0 Å². The highest BCUT2D eigenvalue weighted by Gasteiger charge is 2.16. The Morgan fingerprint density at radius 3 is 2.79 bits per heavy atom. The first-order valence-corrected chi connectivity index (χ1v) is 8.58. The number of aromatic nitrogens is 4. The Hall–Kier alpha value is -2.18. The first kappa shape index (κ1) is 16.7. The van der Waals surface area contributed by atoms with Gasteiger partial charge in [-0.15, -0.1) is 0 Å². The zero-order valence-electron chi connectivity index (χ0n) is 14.2. The lowest BCUT2D eigenvalue weighted by molar-refractivity contribution is 0.195. The fraction of sp³-hybridized carbons (Fsp3) is 0.588. The molecule has 130 valence electrons. The molecule has 0 aromatic carbocycles. The summed E-state index contributed by atoms with van der Waals surface area (Å²) in [6, 6.07) is 0.268. The topological polar surface area (TPSA) is 64.9 Å². The van der Waals surface area contributed by atoms with Crippen molar-refractivity contribution in [2.24, 2.45) is 5.92 Å². The van der Waals surface area contributed by atoms with E-state index in [4.69, 9.17) is 4.74 Å². The van der Waals surface area contributed by atoms with E-state index < -0.39 is 5.82 Å². The summed E-state index contributed by atoms with van der Waals surface area (Å²) in [4.78, 5) is 8.12. The third-order valence-corrected chi connectivity index (χ3v) is 4.28. The maximum atomic E-state index is 13.9. The lowest BCUT2D eigenvalue weighted by atomic mass is 9.90. The SMILES string of the molecule is CC(C)n1cc(Nc2ncc(F)c(OCC3CCCCC3)n2)cn1. The summed E-state index contributed by atoms with van der Waals surface area (Å²) in [6.07, 6.45) is 10.7. The van der Waals surface area contributed by atoms with E-state index in [9.17, 15) is 4.39 Å². The predicted molar refractivity (Wildman–Crippen MR) is 90.0 cm³/mol. The van der Waals surface area contributed by atoms with Crippen LogP contribution in [0.2, 0.25) is 0 Å². The van der Waals surface area contributed by atoms with Crippen LogP contribution in [0.4, 0.5) is 16.0 Å². The Morgan fingerprint density at radius 2 is 2.08 bits per heavy atom. The maximum Gasteiger partial charge on any atom is 0.255 e. The first-order chi connectivity index (χ1) is 11.6. The van der Waals surface area contributed by atoms with Crippen molar-refractivity contribution in [1.82, 2.24) is 19.7 Å². The second-order valence-electron chi connectivity index (χ2n) is 6.59. The summed E-state index contributed by atoms with van der Waals surface area (Å²) in [6.45, 7) is 4.60. The molecule has 2 aromatic rings. The number of nitrogens with one attached hydrogen (secondary N) is 1. The largest absolute Gasteiger partial charge is 0.475 e. The molecule has 2 heterocycles. The van der Waals surface area contributed by atoms with Gasteiger partial charge in [-0.25, -0.2) is 4.98 Å². The van der Waals surface area contributed by atoms with Crippen molar-refractivity contribution >= 4 is 11.6 Å². The van der Waals surface area contributed by atoms with Crippen LogP contribution in [-0.2, 0) is 0 Å². The molecule has 7 heteroatoms. The van der Waals surface area contributed by atoms with Crippen LogP contribution in [-0.4, -0.2) is 26.4 Å². The van der Waals surface area contributed by atoms with Gasteiger partial charge in [0, 0.05) is 12.2 Å². The molecule has 0 bridgehead atoms. The molecular formula is C17H24FN5O. The molecule has 0 atom stereocenters. The van der Waals surface area contributed by atoms with Crippen molar-refractivity contribution in [3.63, 3.8) is 0 Å². The molecule has 0 saturated heterocycles. The number of anilines is 2. The zero-order valence-corrected chi connectivity index (χ0v) is 14.2. The van der Waals surface area contributed by atoms with Crippen LogP contribution < -0.4 is 10.1 Å². The second kappa shape index (κ2) is 7.59. The second-order valence-corrected chi connectivity index (χ2v) is 6.59. The van der Waals surface area contributed by atoms with Crippen LogP contribution in [0.25, 0.3) is 0 Å². The van der Waals surface area contributed by atoms with Crippen molar-refractivity contribution in [2.45, 2.75) is 52.0 Å². The average Bonchev–Trinajstić information content (AvgIpc) is 3.05. The molecule has 0 spiro atoms. The number of hydrogen-bond donors (Lipinski definition) is 1. The lowest BCUT2D eigenvalue weighted by Crippen LogP contribution is -2.16. The summed E-state index contributed by atoms with van der Waals surface area (Å²) in [5, 5.41) is 7.28. The van der Waals surface area contributed by atoms with Crippen molar-refractivity contribution in [2.75, 3.05) is 11.9 Å². The number of nitrogens with zero attached hydrogens (tertiary/aromatic N) is 4. The normalized spacial score (nSPS) is 15.7. The van der Waals surface area contributed by atoms with E-state index in [0.717, 1.165) is 24.7 Å². The van der Waals surface area contributed by atoms with Crippen molar-refractivity contribution in [1.29, 1.82) is 0 Å². The molecule has 0 unspecified atom stereocenters. The maximum absolute atomic E-state index is 13.9. The number of ether oxygens (including phenoxy) is 1. The molecule has 1 aliphatic rings. The molecule has 0 radical (unpaired) electrons. The van der Waals surface area contributed by atoms with Gasteiger partial charge in [-0.05, 0) is 32.6 Å². The zero-order chi connectivity index (χ0) is 16.9. The molecule has 0 aliphatic heterocycles. The van der Waals surface area contributed by atoms with E-state index in [1.54, 1.807) is 6.20 Å². The number of rotatable bonds is 6. The molecule has 24 heavy (non-hydrogen) atoms. The van der Waals surface area contributed by atoms with Gasteiger partial charge < -0.3 is 10.1 Å². The average molecular weight is 333 g/mol. The van der Waals surface area contributed by atoms with Gasteiger partial charge in [-0.2, -0.15) is 14.5 Å². The number of halogens is 1. The fourth-order valence-corrected chi connectivity index (χ4v) is 2.88. The standard InChI is InChI=1S/C17H24FN5O/c1-12(2)23-10-14(8-20-23)21-17-19-9-15(18)16(22-17)24-11-13-6-4-3-5-7-13/h8-10,12-13H,3-7,11H2,1-2H3,(H,19,21,22). The summed E-state index contributed by atoms with van der Waals surface area (Å²) in [5.41, 5.74) is 0.758. The minimum Gasteiger partial charge on any atom is -0.475 e. The fourth-order valence-electron chi connectivity index (χ4n) is 2.88. The lowest BCUT2D eigenvalue weighted by Gasteiger charge is -2.21. The van der Waals surface area contributed by atoms with Gasteiger partial charge in [-0.3, -0.25) is 4.68 Å². The molecule has 0 amide bonds. The summed E-state index contributed by atoms with van der Waals surface area (Å²) in [5.74, 6) is 0.274. The smallest absolute Gasteiger partial charge is 0.255 e. The van der Waals surface area contributed by atoms with Gasteiger partial charge in [0.05, 0.1) is 24.7 Å². The Balaban J connectivity index is 1.63. The molecule has 1 aliphatic carbocycles. The van der Waals surface area contributed by atoms with Crippen LogP contribution in [0.3, 0.4) is 0 Å². The highest BCUT2D eigenvalue weighted by atomic mass is 19.1. The Morgan fingerprint density at radius 1 is 1.29 bits per heavy atom. The van der Waals surface area contributed by atoms with E-state index in [1.165, 1.54) is 19.3 Å². The van der Waals surface area contributed by atoms with Gasteiger partial charge in [0.2, 0.25) is 11.8 Å². The summed E-state index contributed by atoms with van der Waals surface area (Å²) >= 11 is 0. The third-order valence-electron chi connectivity index (χ3n) is 4.28. The highest BCUT2D eigenvalue weighted by molar-refractivity contribution is 5.50. The molecule has 1 saturated carbocycles. The molecule has 6 nitrogen and oxygen atoms in total. The van der Waals surface area contributed by atoms with Crippen molar-refractivity contribution in [3.8, 4) is 5.88 Å². The Labute approximate surface area is 141 Å². The van der Waals surface area contributed by atoms with E-state index in [0.29, 0.717) is 18.5 Å². The van der Waals surface area contributed by atoms with E-state index in [2.05, 4.69) is 20.4 Å². The first-order valence-electron chi connectivity index (χ1n) is 8.58. The third kappa shape index (κ3) is 4.21. The van der Waals surface area contributed by atoms with Crippen LogP contribution in [0, 0.1) is 11.7 Å². The number of hydrogen-bond acceptors (Lipinski definition) is 5. The highest BCUT2D eigenvalue weighted by Crippen LogP contribution is 2.25. The molecule has 1 N–H and O–H groups in total. The Kier molecular flexibility index (Phi) is 5.27. The predicted octanol–water partition coefficient (Wildman–Crippen LogP) is 4.10. The van der Waals surface area contributed by atoms with Crippen LogP contribution in [0.5, 0.6) is 5.88 Å². The van der Waals surface area contributed by atoms with Crippen LogP contribution >= 0.6 is 0 Å². The quantitative estimate of drug-likeness (QED) is 0.862. The van der Waals surface area contributed by atoms with E-state index >= 15 is 0 Å². The van der Waals surface area contributed by atoms with Crippen LogP contribution in [0.15, 0.2) is 18.6 Å². The van der Waals surface area contributed by atoms with Gasteiger partial charge >= 0.3 is 0 Å². The van der Waals surface area contributed by atoms with Crippen molar-refractivity contribution < 1.29 is 9.13 Å². The van der Waals surface area contributed by atoms with Gasteiger partial charge in [0.1, 0.15) is 0 Å². The molecule has 3 rings (SSSR count). The monoisotopic (exact) mass is 333 g/mol. The van der Waals surface area contributed by atoms with E-state index in [-0.39, 0.29) is 11.9 Å². The molecule has 2 aromatic heterocycles. The molecular weight excluding hydrogens is 309 g/mol. The Bertz CT molecular complexity index is 667. The minimum atomic E-state index is -0.533. The van der Waals surface area contributed by atoms with Crippen molar-refractivity contribution in [3.05, 3.63) is 24.4 Å². The summed E-state index contributed by atoms with van der Waals surface area (Å²) in [7, 11) is 0. The minimum absolute atomic E-state index is 0.00863. The molecule has 1 fully saturated rings. The van der Waals surface area contributed by atoms with Gasteiger partial charge in [-0.1, -0.05) is 19.3 Å². The summed E-state index contributed by atoms with van der Waals surface area (Å²) < 4.78 is 21.3.